The molecule has 1 aliphatic heterocycles. The number of carbonyl (C=O) groups is 2. The Balaban J connectivity index is 1.87. The highest BCUT2D eigenvalue weighted by Crippen LogP contribution is 2.24. The molecular weight excluding hydrogens is 296 g/mol. The zero-order valence-electron chi connectivity index (χ0n) is 13.9. The number of benzene rings is 1. The lowest BCUT2D eigenvalue weighted by molar-refractivity contribution is -0.128. The minimum absolute atomic E-state index is 0.0575. The lowest BCUT2D eigenvalue weighted by Gasteiger charge is -2.14. The van der Waals surface area contributed by atoms with Gasteiger partial charge in [-0.25, -0.2) is 0 Å². The topological polar surface area (TPSA) is 67.9 Å². The predicted octanol–water partition coefficient (Wildman–Crippen LogP) is 1.23. The third-order valence-electron chi connectivity index (χ3n) is 4.15. The third-order valence-corrected chi connectivity index (χ3v) is 4.15. The molecule has 1 atom stereocenters. The number of nitrogens with zero attached hydrogens (tertiary/aromatic N) is 1. The summed E-state index contributed by atoms with van der Waals surface area (Å²) in [4.78, 5) is 25.6. The summed E-state index contributed by atoms with van der Waals surface area (Å²) < 4.78 is 10.5. The summed E-state index contributed by atoms with van der Waals surface area (Å²) in [7, 11) is 3.23. The molecule has 1 heterocycles. The van der Waals surface area contributed by atoms with E-state index in [-0.39, 0.29) is 17.7 Å². The number of carbonyl (C=O) groups excluding carboxylic acids is 2. The van der Waals surface area contributed by atoms with E-state index in [0.29, 0.717) is 32.5 Å². The number of methoxy groups -OCH3 is 2. The van der Waals surface area contributed by atoms with Gasteiger partial charge in [-0.05, 0) is 37.1 Å². The minimum Gasteiger partial charge on any atom is -0.497 e. The molecule has 0 aromatic heterocycles. The normalized spacial score (nSPS) is 17.3. The number of rotatable bonds is 7. The van der Waals surface area contributed by atoms with Crippen LogP contribution in [0.25, 0.3) is 0 Å². The van der Waals surface area contributed by atoms with Crippen LogP contribution in [0.5, 0.6) is 11.5 Å². The van der Waals surface area contributed by atoms with Crippen LogP contribution in [0.3, 0.4) is 0 Å². The first-order valence-corrected chi connectivity index (χ1v) is 7.85. The van der Waals surface area contributed by atoms with Gasteiger partial charge in [0.15, 0.2) is 0 Å². The SMILES string of the molecule is CCN1C[C@H](C(=O)NCCc2cc(OC)ccc2OC)CC1=O. The molecule has 2 rings (SSSR count). The van der Waals surface area contributed by atoms with E-state index in [0.717, 1.165) is 17.1 Å². The summed E-state index contributed by atoms with van der Waals surface area (Å²) in [5.74, 6) is 1.29. The largest absolute Gasteiger partial charge is 0.497 e. The average Bonchev–Trinajstić information content (AvgIpc) is 2.95. The van der Waals surface area contributed by atoms with Crippen LogP contribution in [0, 0.1) is 5.92 Å². The van der Waals surface area contributed by atoms with Crippen LogP contribution in [0.4, 0.5) is 0 Å². The Labute approximate surface area is 136 Å². The zero-order valence-corrected chi connectivity index (χ0v) is 13.9. The van der Waals surface area contributed by atoms with Crippen LogP contribution >= 0.6 is 0 Å². The van der Waals surface area contributed by atoms with Gasteiger partial charge in [0.05, 0.1) is 20.1 Å². The highest BCUT2D eigenvalue weighted by molar-refractivity contribution is 5.89. The molecule has 6 nitrogen and oxygen atoms in total. The predicted molar refractivity (Wildman–Crippen MR) is 86.6 cm³/mol. The lowest BCUT2D eigenvalue weighted by atomic mass is 10.1. The first-order valence-electron chi connectivity index (χ1n) is 7.85. The van der Waals surface area contributed by atoms with Gasteiger partial charge in [-0.2, -0.15) is 0 Å². The Morgan fingerprint density at radius 1 is 1.35 bits per heavy atom. The van der Waals surface area contributed by atoms with E-state index in [1.807, 2.05) is 25.1 Å². The van der Waals surface area contributed by atoms with Crippen molar-refractivity contribution in [3.05, 3.63) is 23.8 Å². The third kappa shape index (κ3) is 4.15. The molecule has 23 heavy (non-hydrogen) atoms. The Morgan fingerprint density at radius 3 is 2.74 bits per heavy atom. The molecule has 1 aliphatic rings. The van der Waals surface area contributed by atoms with Crippen LogP contribution in [0.1, 0.15) is 18.9 Å². The van der Waals surface area contributed by atoms with Crippen LogP contribution in [-0.2, 0) is 16.0 Å². The highest BCUT2D eigenvalue weighted by atomic mass is 16.5. The summed E-state index contributed by atoms with van der Waals surface area (Å²) in [6.45, 7) is 3.60. The molecule has 1 saturated heterocycles. The van der Waals surface area contributed by atoms with Crippen molar-refractivity contribution in [3.8, 4) is 11.5 Å². The fourth-order valence-corrected chi connectivity index (χ4v) is 2.80. The summed E-state index contributed by atoms with van der Waals surface area (Å²) in [6.07, 6.45) is 0.951. The number of ether oxygens (including phenoxy) is 2. The number of amides is 2. The van der Waals surface area contributed by atoms with Gasteiger partial charge < -0.3 is 19.7 Å². The monoisotopic (exact) mass is 320 g/mol. The van der Waals surface area contributed by atoms with Gasteiger partial charge in [0.25, 0.3) is 0 Å². The molecule has 1 N–H and O–H groups in total. The van der Waals surface area contributed by atoms with E-state index in [1.165, 1.54) is 0 Å². The molecule has 1 aromatic carbocycles. The molecule has 0 unspecified atom stereocenters. The molecule has 0 saturated carbocycles. The van der Waals surface area contributed by atoms with Crippen molar-refractivity contribution < 1.29 is 19.1 Å². The van der Waals surface area contributed by atoms with Gasteiger partial charge in [0, 0.05) is 26.1 Å². The summed E-state index contributed by atoms with van der Waals surface area (Å²) in [5.41, 5.74) is 0.977. The summed E-state index contributed by atoms with van der Waals surface area (Å²) in [6, 6.07) is 5.60. The first kappa shape index (κ1) is 17.1. The Kier molecular flexibility index (Phi) is 5.84. The number of hydrogen-bond acceptors (Lipinski definition) is 4. The van der Waals surface area contributed by atoms with E-state index < -0.39 is 0 Å². The van der Waals surface area contributed by atoms with Gasteiger partial charge in [-0.3, -0.25) is 9.59 Å². The number of likely N-dealkylation sites (tertiary alicyclic amines) is 1. The maximum Gasteiger partial charge on any atom is 0.225 e. The zero-order chi connectivity index (χ0) is 16.8. The molecule has 1 fully saturated rings. The van der Waals surface area contributed by atoms with Gasteiger partial charge in [-0.1, -0.05) is 0 Å². The van der Waals surface area contributed by atoms with Crippen LogP contribution in [0.2, 0.25) is 0 Å². The highest BCUT2D eigenvalue weighted by Gasteiger charge is 2.33. The Morgan fingerprint density at radius 2 is 2.13 bits per heavy atom. The summed E-state index contributed by atoms with van der Waals surface area (Å²) >= 11 is 0. The summed E-state index contributed by atoms with van der Waals surface area (Å²) in [5, 5.41) is 2.91. The van der Waals surface area contributed by atoms with Crippen molar-refractivity contribution in [3.63, 3.8) is 0 Å². The maximum absolute atomic E-state index is 12.2. The van der Waals surface area contributed by atoms with Crippen molar-refractivity contribution in [2.24, 2.45) is 5.92 Å². The fraction of sp³-hybridized carbons (Fsp3) is 0.529. The van der Waals surface area contributed by atoms with Crippen molar-refractivity contribution in [2.75, 3.05) is 33.9 Å². The fourth-order valence-electron chi connectivity index (χ4n) is 2.80. The molecular formula is C17H24N2O4. The average molecular weight is 320 g/mol. The molecule has 0 aliphatic carbocycles. The Hall–Kier alpha value is -2.24. The van der Waals surface area contributed by atoms with E-state index >= 15 is 0 Å². The van der Waals surface area contributed by atoms with Crippen molar-refractivity contribution in [1.82, 2.24) is 10.2 Å². The van der Waals surface area contributed by atoms with E-state index in [1.54, 1.807) is 19.1 Å². The molecule has 0 bridgehead atoms. The molecule has 0 spiro atoms. The number of hydrogen-bond donors (Lipinski definition) is 1. The molecule has 1 aromatic rings. The van der Waals surface area contributed by atoms with Gasteiger partial charge in [-0.15, -0.1) is 0 Å². The second kappa shape index (κ2) is 7.85. The van der Waals surface area contributed by atoms with Gasteiger partial charge in [0.1, 0.15) is 11.5 Å². The maximum atomic E-state index is 12.2. The van der Waals surface area contributed by atoms with Crippen LogP contribution < -0.4 is 14.8 Å². The molecule has 2 amide bonds. The second-order valence-electron chi connectivity index (χ2n) is 5.55. The number of nitrogens with one attached hydrogen (secondary N) is 1. The molecule has 126 valence electrons. The van der Waals surface area contributed by atoms with Gasteiger partial charge >= 0.3 is 0 Å². The van der Waals surface area contributed by atoms with Crippen molar-refractivity contribution in [2.45, 2.75) is 19.8 Å². The van der Waals surface area contributed by atoms with Gasteiger partial charge in [0.2, 0.25) is 11.8 Å². The first-order chi connectivity index (χ1) is 11.1. The quantitative estimate of drug-likeness (QED) is 0.820. The second-order valence-corrected chi connectivity index (χ2v) is 5.55. The standard InChI is InChI=1S/C17H24N2O4/c1-4-19-11-13(10-16(19)20)17(21)18-8-7-12-9-14(22-2)5-6-15(12)23-3/h5-6,9,13H,4,7-8,10-11H2,1-3H3,(H,18,21)/t13-/m1/s1. The van der Waals surface area contributed by atoms with Crippen LogP contribution in [-0.4, -0.2) is 50.6 Å². The smallest absolute Gasteiger partial charge is 0.225 e. The van der Waals surface area contributed by atoms with E-state index in [2.05, 4.69) is 5.32 Å². The molecule has 6 heteroatoms. The van der Waals surface area contributed by atoms with E-state index in [4.69, 9.17) is 9.47 Å². The Bertz CT molecular complexity index is 574. The van der Waals surface area contributed by atoms with E-state index in [9.17, 15) is 9.59 Å². The van der Waals surface area contributed by atoms with Crippen LogP contribution in [0.15, 0.2) is 18.2 Å². The minimum atomic E-state index is -0.241. The lowest BCUT2D eigenvalue weighted by Crippen LogP contribution is -2.34. The van der Waals surface area contributed by atoms with Crippen molar-refractivity contribution >= 4 is 11.8 Å². The molecule has 0 radical (unpaired) electrons. The van der Waals surface area contributed by atoms with Crippen molar-refractivity contribution in [1.29, 1.82) is 0 Å².